The van der Waals surface area contributed by atoms with Crippen LogP contribution in [0.25, 0.3) is 22.2 Å². The number of benzene rings is 2. The average Bonchev–Trinajstić information content (AvgIpc) is 2.55. The molecule has 0 amide bonds. The van der Waals surface area contributed by atoms with Crippen LogP contribution in [0.2, 0.25) is 0 Å². The van der Waals surface area contributed by atoms with Crippen LogP contribution in [0.15, 0.2) is 48.5 Å². The van der Waals surface area contributed by atoms with E-state index in [1.807, 2.05) is 49.4 Å². The molecule has 3 heteroatoms. The molecule has 0 aliphatic heterocycles. The number of aromatic nitrogens is 1. The average molecular weight is 293 g/mol. The quantitative estimate of drug-likeness (QED) is 0.787. The van der Waals surface area contributed by atoms with Crippen LogP contribution in [-0.4, -0.2) is 16.7 Å². The summed E-state index contributed by atoms with van der Waals surface area (Å²) in [6.07, 6.45) is 0. The van der Waals surface area contributed by atoms with Crippen LogP contribution in [0.5, 0.6) is 5.75 Å². The summed E-state index contributed by atoms with van der Waals surface area (Å²) >= 11 is 0. The summed E-state index contributed by atoms with van der Waals surface area (Å²) in [7, 11) is 0. The predicted octanol–water partition coefficient (Wildman–Crippen LogP) is 4.10. The Hall–Kier alpha value is -2.39. The normalized spacial score (nSPS) is 10.9. The standard InChI is InChI=1S/C19H19NO2/c1-3-22-19-7-5-4-6-16(19)17-10-13(2)15-9-8-14(12-21)11-18(15)20-17/h4-11,21H,3,12H2,1-2H3. The molecule has 3 aromatic rings. The highest BCUT2D eigenvalue weighted by molar-refractivity contribution is 5.86. The van der Waals surface area contributed by atoms with E-state index in [1.54, 1.807) is 0 Å². The van der Waals surface area contributed by atoms with Gasteiger partial charge in [0.25, 0.3) is 0 Å². The molecule has 0 saturated carbocycles. The Morgan fingerprint density at radius 1 is 1.09 bits per heavy atom. The third kappa shape index (κ3) is 2.68. The molecule has 0 fully saturated rings. The van der Waals surface area contributed by atoms with Gasteiger partial charge in [0.2, 0.25) is 0 Å². The number of para-hydroxylation sites is 1. The fourth-order valence-corrected chi connectivity index (χ4v) is 2.64. The van der Waals surface area contributed by atoms with Gasteiger partial charge in [0.1, 0.15) is 5.75 Å². The highest BCUT2D eigenvalue weighted by atomic mass is 16.5. The first-order valence-corrected chi connectivity index (χ1v) is 7.46. The Morgan fingerprint density at radius 3 is 2.68 bits per heavy atom. The summed E-state index contributed by atoms with van der Waals surface area (Å²) in [6.45, 7) is 4.70. The molecule has 1 aromatic heterocycles. The van der Waals surface area contributed by atoms with Crippen molar-refractivity contribution in [2.45, 2.75) is 20.5 Å². The lowest BCUT2D eigenvalue weighted by atomic mass is 10.0. The Bertz CT molecular complexity index is 812. The number of aliphatic hydroxyl groups is 1. The molecule has 0 aliphatic rings. The van der Waals surface area contributed by atoms with Crippen molar-refractivity contribution >= 4 is 10.9 Å². The Kier molecular flexibility index (Phi) is 4.07. The smallest absolute Gasteiger partial charge is 0.128 e. The number of pyridine rings is 1. The zero-order valence-electron chi connectivity index (χ0n) is 12.8. The Balaban J connectivity index is 2.19. The Morgan fingerprint density at radius 2 is 1.91 bits per heavy atom. The van der Waals surface area contributed by atoms with Crippen molar-refractivity contribution in [3.8, 4) is 17.0 Å². The molecular weight excluding hydrogens is 274 g/mol. The van der Waals surface area contributed by atoms with E-state index in [2.05, 4.69) is 13.0 Å². The molecule has 0 unspecified atom stereocenters. The summed E-state index contributed by atoms with van der Waals surface area (Å²) < 4.78 is 5.71. The van der Waals surface area contributed by atoms with Crippen LogP contribution in [0.4, 0.5) is 0 Å². The molecule has 1 N–H and O–H groups in total. The van der Waals surface area contributed by atoms with Crippen molar-refractivity contribution < 1.29 is 9.84 Å². The van der Waals surface area contributed by atoms with Crippen LogP contribution in [0.3, 0.4) is 0 Å². The number of hydrogen-bond acceptors (Lipinski definition) is 3. The summed E-state index contributed by atoms with van der Waals surface area (Å²) in [5.41, 5.74) is 4.81. The summed E-state index contributed by atoms with van der Waals surface area (Å²) in [5.74, 6) is 0.842. The molecule has 0 atom stereocenters. The Labute approximate surface area is 130 Å². The maximum atomic E-state index is 9.32. The van der Waals surface area contributed by atoms with E-state index >= 15 is 0 Å². The van der Waals surface area contributed by atoms with Crippen molar-refractivity contribution in [3.05, 3.63) is 59.7 Å². The molecule has 22 heavy (non-hydrogen) atoms. The summed E-state index contributed by atoms with van der Waals surface area (Å²) in [5, 5.41) is 10.4. The SMILES string of the molecule is CCOc1ccccc1-c1cc(C)c2ccc(CO)cc2n1. The molecule has 3 rings (SSSR count). The van der Waals surface area contributed by atoms with Gasteiger partial charge in [0, 0.05) is 10.9 Å². The molecule has 0 saturated heterocycles. The second-order valence-corrected chi connectivity index (χ2v) is 5.26. The highest BCUT2D eigenvalue weighted by Gasteiger charge is 2.10. The van der Waals surface area contributed by atoms with Crippen molar-refractivity contribution in [1.29, 1.82) is 0 Å². The lowest BCUT2D eigenvalue weighted by Crippen LogP contribution is -1.96. The number of aryl methyl sites for hydroxylation is 1. The third-order valence-electron chi connectivity index (χ3n) is 3.73. The zero-order chi connectivity index (χ0) is 15.5. The largest absolute Gasteiger partial charge is 0.493 e. The molecule has 0 spiro atoms. The second-order valence-electron chi connectivity index (χ2n) is 5.26. The lowest BCUT2D eigenvalue weighted by molar-refractivity contribution is 0.282. The van der Waals surface area contributed by atoms with Crippen LogP contribution < -0.4 is 4.74 Å². The fourth-order valence-electron chi connectivity index (χ4n) is 2.64. The number of rotatable bonds is 4. The van der Waals surface area contributed by atoms with E-state index in [0.717, 1.165) is 39.0 Å². The minimum Gasteiger partial charge on any atom is -0.493 e. The van der Waals surface area contributed by atoms with Gasteiger partial charge in [0.05, 0.1) is 24.4 Å². The minimum absolute atomic E-state index is 0.0242. The number of nitrogens with zero attached hydrogens (tertiary/aromatic N) is 1. The minimum atomic E-state index is 0.0242. The predicted molar refractivity (Wildman–Crippen MR) is 89.0 cm³/mol. The highest BCUT2D eigenvalue weighted by Crippen LogP contribution is 2.31. The molecule has 0 radical (unpaired) electrons. The van der Waals surface area contributed by atoms with Gasteiger partial charge in [-0.2, -0.15) is 0 Å². The van der Waals surface area contributed by atoms with E-state index in [-0.39, 0.29) is 6.61 Å². The number of aliphatic hydroxyl groups excluding tert-OH is 1. The number of ether oxygens (including phenoxy) is 1. The molecule has 1 heterocycles. The van der Waals surface area contributed by atoms with Crippen molar-refractivity contribution in [1.82, 2.24) is 4.98 Å². The van der Waals surface area contributed by atoms with Crippen LogP contribution in [0, 0.1) is 6.92 Å². The molecule has 0 aliphatic carbocycles. The van der Waals surface area contributed by atoms with Crippen LogP contribution in [-0.2, 0) is 6.61 Å². The van der Waals surface area contributed by atoms with Crippen LogP contribution >= 0.6 is 0 Å². The van der Waals surface area contributed by atoms with E-state index in [1.165, 1.54) is 0 Å². The van der Waals surface area contributed by atoms with Crippen molar-refractivity contribution in [2.24, 2.45) is 0 Å². The van der Waals surface area contributed by atoms with E-state index < -0.39 is 0 Å². The summed E-state index contributed by atoms with van der Waals surface area (Å²) in [6, 6.07) is 15.9. The maximum Gasteiger partial charge on any atom is 0.128 e. The lowest BCUT2D eigenvalue weighted by Gasteiger charge is -2.12. The fraction of sp³-hybridized carbons (Fsp3) is 0.211. The van der Waals surface area contributed by atoms with Gasteiger partial charge >= 0.3 is 0 Å². The van der Waals surface area contributed by atoms with Gasteiger partial charge in [-0.05, 0) is 49.2 Å². The van der Waals surface area contributed by atoms with Crippen LogP contribution in [0.1, 0.15) is 18.1 Å². The number of fused-ring (bicyclic) bond motifs is 1. The van der Waals surface area contributed by atoms with Crippen molar-refractivity contribution in [2.75, 3.05) is 6.61 Å². The maximum absolute atomic E-state index is 9.32. The number of hydrogen-bond donors (Lipinski definition) is 1. The first-order valence-electron chi connectivity index (χ1n) is 7.46. The van der Waals surface area contributed by atoms with Gasteiger partial charge < -0.3 is 9.84 Å². The van der Waals surface area contributed by atoms with Gasteiger partial charge in [-0.15, -0.1) is 0 Å². The molecule has 3 nitrogen and oxygen atoms in total. The van der Waals surface area contributed by atoms with Gasteiger partial charge in [-0.3, -0.25) is 0 Å². The molecule has 2 aromatic carbocycles. The van der Waals surface area contributed by atoms with E-state index in [0.29, 0.717) is 6.61 Å². The monoisotopic (exact) mass is 293 g/mol. The zero-order valence-corrected chi connectivity index (χ0v) is 12.8. The third-order valence-corrected chi connectivity index (χ3v) is 3.73. The molecular formula is C19H19NO2. The van der Waals surface area contributed by atoms with Gasteiger partial charge in [-0.25, -0.2) is 4.98 Å². The van der Waals surface area contributed by atoms with Crippen molar-refractivity contribution in [3.63, 3.8) is 0 Å². The molecule has 0 bridgehead atoms. The van der Waals surface area contributed by atoms with E-state index in [9.17, 15) is 5.11 Å². The van der Waals surface area contributed by atoms with Gasteiger partial charge in [0.15, 0.2) is 0 Å². The molecule has 112 valence electrons. The summed E-state index contributed by atoms with van der Waals surface area (Å²) in [4.78, 5) is 4.77. The van der Waals surface area contributed by atoms with Gasteiger partial charge in [-0.1, -0.05) is 24.3 Å². The first-order chi connectivity index (χ1) is 10.7. The topological polar surface area (TPSA) is 42.4 Å². The second kappa shape index (κ2) is 6.16. The first kappa shape index (κ1) is 14.5. The van der Waals surface area contributed by atoms with E-state index in [4.69, 9.17) is 9.72 Å².